The van der Waals surface area contributed by atoms with Crippen LogP contribution >= 0.6 is 0 Å². The number of rotatable bonds is 6. The summed E-state index contributed by atoms with van der Waals surface area (Å²) in [5.41, 5.74) is -0.896. The van der Waals surface area contributed by atoms with Crippen LogP contribution < -0.4 is 5.32 Å². The quantitative estimate of drug-likeness (QED) is 0.733. The maximum atomic E-state index is 12.2. The number of hydroxylamine groups is 2. The Morgan fingerprint density at radius 2 is 1.70 bits per heavy atom. The third-order valence-electron chi connectivity index (χ3n) is 4.02. The summed E-state index contributed by atoms with van der Waals surface area (Å²) in [6, 6.07) is 0.0653. The van der Waals surface area contributed by atoms with E-state index in [0.717, 1.165) is 19.3 Å². The lowest BCUT2D eigenvalue weighted by molar-refractivity contribution is -0.290. The number of aliphatic hydroxyl groups excluding tert-OH is 1. The first-order valence-electron chi connectivity index (χ1n) is 7.57. The van der Waals surface area contributed by atoms with Gasteiger partial charge < -0.3 is 10.4 Å². The summed E-state index contributed by atoms with van der Waals surface area (Å²) in [4.78, 5) is 11.9. The molecule has 1 aliphatic rings. The number of unbranched alkanes of at least 4 members (excludes halogenated alkanes) is 2. The Morgan fingerprint density at radius 1 is 1.15 bits per heavy atom. The SMILES string of the molecule is CC1(C)CC(NC(=O)CCCCCO)CC(C)(C)N1[O]. The number of carbonyl (C=O) groups is 1. The van der Waals surface area contributed by atoms with Crippen LogP contribution in [0.25, 0.3) is 0 Å². The molecule has 1 heterocycles. The molecule has 1 amide bonds. The first kappa shape index (κ1) is 17.4. The largest absolute Gasteiger partial charge is 0.396 e. The van der Waals surface area contributed by atoms with Crippen LogP contribution in [0, 0.1) is 0 Å². The summed E-state index contributed by atoms with van der Waals surface area (Å²) < 4.78 is 0. The number of amides is 1. The van der Waals surface area contributed by atoms with Crippen molar-refractivity contribution >= 4 is 5.91 Å². The highest BCUT2D eigenvalue weighted by atomic mass is 16.5. The summed E-state index contributed by atoms with van der Waals surface area (Å²) in [6.45, 7) is 7.91. The molecule has 1 fully saturated rings. The molecule has 0 saturated carbocycles. The zero-order valence-corrected chi connectivity index (χ0v) is 13.2. The predicted molar refractivity (Wildman–Crippen MR) is 77.4 cm³/mol. The molecule has 0 aromatic carbocycles. The standard InChI is InChI=1S/C15H29N2O3/c1-14(2)10-12(11-15(3,4)17(14)20)16-13(19)8-6-5-7-9-18/h12,18H,5-11H2,1-4H3,(H,16,19). The topological polar surface area (TPSA) is 72.5 Å². The number of hydrogen-bond donors (Lipinski definition) is 2. The molecule has 0 atom stereocenters. The highest BCUT2D eigenvalue weighted by Crippen LogP contribution is 2.36. The van der Waals surface area contributed by atoms with E-state index in [1.165, 1.54) is 5.06 Å². The fraction of sp³-hybridized carbons (Fsp3) is 0.933. The van der Waals surface area contributed by atoms with Crippen LogP contribution in [0.2, 0.25) is 0 Å². The first-order valence-corrected chi connectivity index (χ1v) is 7.57. The number of hydrogen-bond acceptors (Lipinski definition) is 3. The number of nitrogens with zero attached hydrogens (tertiary/aromatic N) is 1. The average molecular weight is 285 g/mol. The van der Waals surface area contributed by atoms with Crippen LogP contribution in [0.5, 0.6) is 0 Å². The molecule has 0 aliphatic carbocycles. The van der Waals surface area contributed by atoms with Crippen molar-refractivity contribution < 1.29 is 15.1 Å². The van der Waals surface area contributed by atoms with Crippen molar-refractivity contribution in [3.05, 3.63) is 0 Å². The van der Waals surface area contributed by atoms with Crippen LogP contribution in [0.1, 0.15) is 66.2 Å². The van der Waals surface area contributed by atoms with Crippen LogP contribution in [0.4, 0.5) is 0 Å². The Labute approximate surface area is 122 Å². The molecule has 2 N–H and O–H groups in total. The number of carbonyl (C=O) groups excluding carboxylic acids is 1. The van der Waals surface area contributed by atoms with Gasteiger partial charge in [-0.2, -0.15) is 0 Å². The van der Waals surface area contributed by atoms with Gasteiger partial charge in [-0.25, -0.2) is 0 Å². The van der Waals surface area contributed by atoms with E-state index < -0.39 is 11.1 Å². The van der Waals surface area contributed by atoms with Crippen molar-refractivity contribution in [2.45, 2.75) is 83.3 Å². The lowest BCUT2D eigenvalue weighted by Gasteiger charge is -2.50. The van der Waals surface area contributed by atoms with E-state index in [2.05, 4.69) is 5.32 Å². The fourth-order valence-electron chi connectivity index (χ4n) is 3.24. The lowest BCUT2D eigenvalue weighted by atomic mass is 9.79. The van der Waals surface area contributed by atoms with Crippen LogP contribution in [0.3, 0.4) is 0 Å². The molecule has 0 bridgehead atoms. The molecular formula is C15H29N2O3. The summed E-state index contributed by atoms with van der Waals surface area (Å²) >= 11 is 0. The molecule has 1 radical (unpaired) electrons. The van der Waals surface area contributed by atoms with Gasteiger partial charge in [-0.15, -0.1) is 10.3 Å². The second kappa shape index (κ2) is 6.87. The van der Waals surface area contributed by atoms with Gasteiger partial charge in [0, 0.05) is 30.1 Å². The van der Waals surface area contributed by atoms with Gasteiger partial charge in [-0.05, 0) is 53.4 Å². The summed E-state index contributed by atoms with van der Waals surface area (Å²) in [6.07, 6.45) is 4.30. The summed E-state index contributed by atoms with van der Waals surface area (Å²) in [5.74, 6) is 0.0545. The smallest absolute Gasteiger partial charge is 0.220 e. The predicted octanol–water partition coefficient (Wildman–Crippen LogP) is 2.02. The van der Waals surface area contributed by atoms with Crippen molar-refractivity contribution in [3.63, 3.8) is 0 Å². The van der Waals surface area contributed by atoms with Crippen molar-refractivity contribution in [1.82, 2.24) is 10.4 Å². The third kappa shape index (κ3) is 4.72. The molecule has 5 heteroatoms. The molecule has 1 saturated heterocycles. The Hall–Kier alpha value is -0.650. The normalized spacial score (nSPS) is 22.7. The van der Waals surface area contributed by atoms with Gasteiger partial charge >= 0.3 is 0 Å². The minimum atomic E-state index is -0.448. The van der Waals surface area contributed by atoms with E-state index in [0.29, 0.717) is 19.3 Å². The maximum Gasteiger partial charge on any atom is 0.220 e. The first-order chi connectivity index (χ1) is 9.19. The van der Waals surface area contributed by atoms with Crippen molar-refractivity contribution in [2.75, 3.05) is 6.61 Å². The van der Waals surface area contributed by atoms with Crippen LogP contribution in [0.15, 0.2) is 0 Å². The van der Waals surface area contributed by atoms with Gasteiger partial charge in [0.25, 0.3) is 0 Å². The van der Waals surface area contributed by atoms with Gasteiger partial charge in [-0.3, -0.25) is 4.79 Å². The van der Waals surface area contributed by atoms with Crippen LogP contribution in [-0.2, 0) is 10.0 Å². The Morgan fingerprint density at radius 3 is 2.20 bits per heavy atom. The van der Waals surface area contributed by atoms with Gasteiger partial charge in [0.2, 0.25) is 5.91 Å². The molecular weight excluding hydrogens is 256 g/mol. The lowest BCUT2D eigenvalue weighted by Crippen LogP contribution is -2.62. The van der Waals surface area contributed by atoms with E-state index in [-0.39, 0.29) is 18.6 Å². The van der Waals surface area contributed by atoms with Crippen molar-refractivity contribution in [1.29, 1.82) is 0 Å². The highest BCUT2D eigenvalue weighted by Gasteiger charge is 2.46. The molecule has 20 heavy (non-hydrogen) atoms. The second-order valence-corrected chi connectivity index (χ2v) is 7.13. The average Bonchev–Trinajstić information content (AvgIpc) is 2.31. The number of nitrogens with one attached hydrogen (secondary N) is 1. The summed E-state index contributed by atoms with van der Waals surface area (Å²) in [7, 11) is 0. The molecule has 0 aromatic rings. The molecule has 0 unspecified atom stereocenters. The fourth-order valence-corrected chi connectivity index (χ4v) is 3.24. The van der Waals surface area contributed by atoms with E-state index in [9.17, 15) is 10.0 Å². The van der Waals surface area contributed by atoms with Gasteiger partial charge in [-0.1, -0.05) is 6.42 Å². The third-order valence-corrected chi connectivity index (χ3v) is 4.02. The molecule has 1 rings (SSSR count). The minimum Gasteiger partial charge on any atom is -0.396 e. The van der Waals surface area contributed by atoms with E-state index in [1.54, 1.807) is 0 Å². The Balaban J connectivity index is 2.46. The van der Waals surface area contributed by atoms with E-state index in [1.807, 2.05) is 27.7 Å². The van der Waals surface area contributed by atoms with Crippen molar-refractivity contribution in [3.8, 4) is 0 Å². The van der Waals surface area contributed by atoms with Gasteiger partial charge in [0.05, 0.1) is 0 Å². The molecule has 5 nitrogen and oxygen atoms in total. The maximum absolute atomic E-state index is 12.2. The zero-order valence-electron chi connectivity index (χ0n) is 13.2. The highest BCUT2D eigenvalue weighted by molar-refractivity contribution is 5.76. The van der Waals surface area contributed by atoms with Crippen LogP contribution in [-0.4, -0.2) is 39.8 Å². The van der Waals surface area contributed by atoms with E-state index >= 15 is 0 Å². The zero-order chi connectivity index (χ0) is 15.4. The molecule has 0 aromatic heterocycles. The number of aliphatic hydroxyl groups is 1. The van der Waals surface area contributed by atoms with E-state index in [4.69, 9.17) is 5.11 Å². The Bertz CT molecular complexity index is 311. The minimum absolute atomic E-state index is 0.0545. The number of piperidine rings is 1. The van der Waals surface area contributed by atoms with Gasteiger partial charge in [0.1, 0.15) is 0 Å². The second-order valence-electron chi connectivity index (χ2n) is 7.13. The molecule has 117 valence electrons. The van der Waals surface area contributed by atoms with Gasteiger partial charge in [0.15, 0.2) is 0 Å². The monoisotopic (exact) mass is 285 g/mol. The summed E-state index contributed by atoms with van der Waals surface area (Å²) in [5, 5.41) is 25.2. The van der Waals surface area contributed by atoms with Crippen molar-refractivity contribution in [2.24, 2.45) is 0 Å². The molecule has 0 spiro atoms. The Kier molecular flexibility index (Phi) is 5.98. The molecule has 1 aliphatic heterocycles.